The molecular formula is C11H21ClN2O2. The van der Waals surface area contributed by atoms with Gasteiger partial charge in [0, 0.05) is 12.6 Å². The summed E-state index contributed by atoms with van der Waals surface area (Å²) in [5.41, 5.74) is 0. The fraction of sp³-hybridized carbons (Fsp3) is 0.909. The Balaban J connectivity index is 0.00000128. The Labute approximate surface area is 103 Å². The van der Waals surface area contributed by atoms with Gasteiger partial charge in [-0.15, -0.1) is 12.4 Å². The quantitative estimate of drug-likeness (QED) is 0.677. The smallest absolute Gasteiger partial charge is 0.237 e. The summed E-state index contributed by atoms with van der Waals surface area (Å²) in [4.78, 5) is 11.7. The van der Waals surface area contributed by atoms with Crippen molar-refractivity contribution in [1.29, 1.82) is 0 Å². The first-order valence-electron chi connectivity index (χ1n) is 5.87. The highest BCUT2D eigenvalue weighted by atomic mass is 35.5. The summed E-state index contributed by atoms with van der Waals surface area (Å²) in [6.45, 7) is 2.59. The van der Waals surface area contributed by atoms with Gasteiger partial charge >= 0.3 is 0 Å². The first-order valence-corrected chi connectivity index (χ1v) is 5.87. The summed E-state index contributed by atoms with van der Waals surface area (Å²) < 4.78 is 0. The fourth-order valence-corrected chi connectivity index (χ4v) is 2.17. The zero-order valence-electron chi connectivity index (χ0n) is 9.61. The normalized spacial score (nSPS) is 30.6. The van der Waals surface area contributed by atoms with Crippen LogP contribution in [0, 0.1) is 5.92 Å². The van der Waals surface area contributed by atoms with E-state index in [2.05, 4.69) is 17.6 Å². The number of β-amino-alcohol motifs (C(OH)–C–C–N with tert-alkyl or cyclic N) is 1. The molecule has 16 heavy (non-hydrogen) atoms. The lowest BCUT2D eigenvalue weighted by molar-refractivity contribution is -0.123. The van der Waals surface area contributed by atoms with Crippen molar-refractivity contribution in [1.82, 2.24) is 10.6 Å². The van der Waals surface area contributed by atoms with Gasteiger partial charge in [0.1, 0.15) is 0 Å². The van der Waals surface area contributed by atoms with E-state index in [1.165, 1.54) is 12.8 Å². The number of halogens is 1. The molecule has 1 aliphatic heterocycles. The number of amides is 1. The third-order valence-corrected chi connectivity index (χ3v) is 3.20. The van der Waals surface area contributed by atoms with E-state index in [0.29, 0.717) is 13.0 Å². The largest absolute Gasteiger partial charge is 0.392 e. The number of hydrogen-bond acceptors (Lipinski definition) is 3. The van der Waals surface area contributed by atoms with E-state index in [1.54, 1.807) is 0 Å². The van der Waals surface area contributed by atoms with E-state index < -0.39 is 0 Å². The standard InChI is InChI=1S/C11H20N2O2.ClH/c1-7(4-8-2-3-8)13-11(15)10-5-9(14)6-12-10;/h7-10,12,14H,2-6H2,1H3,(H,13,15);1H/t7?,9-,10+;/m0./s1. The van der Waals surface area contributed by atoms with Crippen LogP contribution >= 0.6 is 12.4 Å². The van der Waals surface area contributed by atoms with Gasteiger partial charge in [-0.1, -0.05) is 12.8 Å². The number of rotatable bonds is 4. The van der Waals surface area contributed by atoms with Crippen LogP contribution in [-0.2, 0) is 4.79 Å². The summed E-state index contributed by atoms with van der Waals surface area (Å²) >= 11 is 0. The van der Waals surface area contributed by atoms with Crippen molar-refractivity contribution < 1.29 is 9.90 Å². The van der Waals surface area contributed by atoms with Crippen molar-refractivity contribution in [3.8, 4) is 0 Å². The zero-order valence-corrected chi connectivity index (χ0v) is 10.4. The third kappa shape index (κ3) is 3.92. The molecule has 1 unspecified atom stereocenters. The van der Waals surface area contributed by atoms with E-state index in [9.17, 15) is 9.90 Å². The first kappa shape index (κ1) is 13.7. The van der Waals surface area contributed by atoms with Gasteiger partial charge in [0.2, 0.25) is 5.91 Å². The lowest BCUT2D eigenvalue weighted by atomic mass is 10.1. The number of aliphatic hydroxyl groups excluding tert-OH is 1. The molecule has 1 saturated carbocycles. The number of carbonyl (C=O) groups is 1. The number of aliphatic hydroxyl groups is 1. The monoisotopic (exact) mass is 248 g/mol. The SMILES string of the molecule is CC(CC1CC1)NC(=O)[C@H]1C[C@H](O)CN1.Cl. The molecular weight excluding hydrogens is 228 g/mol. The van der Waals surface area contributed by atoms with Crippen molar-refractivity contribution in [2.24, 2.45) is 5.92 Å². The summed E-state index contributed by atoms with van der Waals surface area (Å²) in [5, 5.41) is 15.3. The Kier molecular flexibility index (Phi) is 5.02. The molecule has 0 spiro atoms. The number of carbonyl (C=O) groups excluding carboxylic acids is 1. The molecule has 0 aromatic carbocycles. The van der Waals surface area contributed by atoms with Crippen LogP contribution in [0.15, 0.2) is 0 Å². The van der Waals surface area contributed by atoms with Crippen LogP contribution < -0.4 is 10.6 Å². The maximum Gasteiger partial charge on any atom is 0.237 e. The Morgan fingerprint density at radius 3 is 2.75 bits per heavy atom. The van der Waals surface area contributed by atoms with Gasteiger partial charge in [-0.2, -0.15) is 0 Å². The average Bonchev–Trinajstić information content (AvgIpc) is 2.85. The highest BCUT2D eigenvalue weighted by Gasteiger charge is 2.30. The number of hydrogen-bond donors (Lipinski definition) is 3. The van der Waals surface area contributed by atoms with E-state index in [4.69, 9.17) is 0 Å². The van der Waals surface area contributed by atoms with Crippen molar-refractivity contribution in [2.75, 3.05) is 6.54 Å². The van der Waals surface area contributed by atoms with Gasteiger partial charge in [-0.05, 0) is 25.7 Å². The maximum atomic E-state index is 11.7. The van der Waals surface area contributed by atoms with Crippen molar-refractivity contribution >= 4 is 18.3 Å². The minimum atomic E-state index is -0.362. The molecule has 3 N–H and O–H groups in total. The minimum Gasteiger partial charge on any atom is -0.392 e. The van der Waals surface area contributed by atoms with Gasteiger partial charge in [-0.3, -0.25) is 4.79 Å². The molecule has 4 nitrogen and oxygen atoms in total. The molecule has 1 aliphatic carbocycles. The molecule has 1 saturated heterocycles. The molecule has 94 valence electrons. The maximum absolute atomic E-state index is 11.7. The lowest BCUT2D eigenvalue weighted by Gasteiger charge is -2.16. The Morgan fingerprint density at radius 1 is 1.56 bits per heavy atom. The Bertz CT molecular complexity index is 246. The lowest BCUT2D eigenvalue weighted by Crippen LogP contribution is -2.44. The van der Waals surface area contributed by atoms with Crippen molar-refractivity contribution in [3.05, 3.63) is 0 Å². The van der Waals surface area contributed by atoms with Gasteiger partial charge in [-0.25, -0.2) is 0 Å². The van der Waals surface area contributed by atoms with Crippen LogP contribution in [0.1, 0.15) is 32.6 Å². The molecule has 2 aliphatic rings. The Hall–Kier alpha value is -0.320. The molecule has 1 heterocycles. The van der Waals surface area contributed by atoms with Crippen LogP contribution in [0.25, 0.3) is 0 Å². The summed E-state index contributed by atoms with van der Waals surface area (Å²) in [5.74, 6) is 0.877. The van der Waals surface area contributed by atoms with Crippen LogP contribution in [0.4, 0.5) is 0 Å². The van der Waals surface area contributed by atoms with E-state index in [0.717, 1.165) is 12.3 Å². The Morgan fingerprint density at radius 2 is 2.25 bits per heavy atom. The highest BCUT2D eigenvalue weighted by Crippen LogP contribution is 2.33. The van der Waals surface area contributed by atoms with Gasteiger partial charge in [0.25, 0.3) is 0 Å². The molecule has 2 rings (SSSR count). The zero-order chi connectivity index (χ0) is 10.8. The predicted molar refractivity (Wildman–Crippen MR) is 64.6 cm³/mol. The van der Waals surface area contributed by atoms with Crippen LogP contribution in [-0.4, -0.2) is 35.7 Å². The van der Waals surface area contributed by atoms with E-state index in [-0.39, 0.29) is 36.5 Å². The second-order valence-corrected chi connectivity index (χ2v) is 4.94. The van der Waals surface area contributed by atoms with Crippen LogP contribution in [0.3, 0.4) is 0 Å². The molecule has 0 bridgehead atoms. The molecule has 0 radical (unpaired) electrons. The molecule has 0 aromatic rings. The van der Waals surface area contributed by atoms with Gasteiger partial charge in [0.05, 0.1) is 12.1 Å². The van der Waals surface area contributed by atoms with E-state index in [1.807, 2.05) is 0 Å². The summed E-state index contributed by atoms with van der Waals surface area (Å²) in [7, 11) is 0. The van der Waals surface area contributed by atoms with Crippen LogP contribution in [0.2, 0.25) is 0 Å². The third-order valence-electron chi connectivity index (χ3n) is 3.20. The second-order valence-electron chi connectivity index (χ2n) is 4.94. The molecule has 3 atom stereocenters. The second kappa shape index (κ2) is 5.84. The predicted octanol–water partition coefficient (Wildman–Crippen LogP) is 0.436. The van der Waals surface area contributed by atoms with Crippen molar-refractivity contribution in [2.45, 2.75) is 50.8 Å². The van der Waals surface area contributed by atoms with Gasteiger partial charge < -0.3 is 15.7 Å². The first-order chi connectivity index (χ1) is 7.15. The minimum absolute atomic E-state index is 0. The number of nitrogens with one attached hydrogen (secondary N) is 2. The fourth-order valence-electron chi connectivity index (χ4n) is 2.17. The molecule has 0 aromatic heterocycles. The average molecular weight is 249 g/mol. The summed E-state index contributed by atoms with van der Waals surface area (Å²) in [6.07, 6.45) is 3.92. The molecule has 1 amide bonds. The van der Waals surface area contributed by atoms with Crippen LogP contribution in [0.5, 0.6) is 0 Å². The summed E-state index contributed by atoms with van der Waals surface area (Å²) in [6, 6.07) is 0.0752. The van der Waals surface area contributed by atoms with Gasteiger partial charge in [0.15, 0.2) is 0 Å². The topological polar surface area (TPSA) is 61.4 Å². The molecule has 5 heteroatoms. The highest BCUT2D eigenvalue weighted by molar-refractivity contribution is 5.85. The van der Waals surface area contributed by atoms with E-state index >= 15 is 0 Å². The molecule has 2 fully saturated rings. The van der Waals surface area contributed by atoms with Crippen molar-refractivity contribution in [3.63, 3.8) is 0 Å².